The molecular formula is C13H16BrN3O3. The zero-order valence-corrected chi connectivity index (χ0v) is 12.6. The fourth-order valence-corrected chi connectivity index (χ4v) is 1.68. The first-order valence-corrected chi connectivity index (χ1v) is 6.93. The molecule has 0 spiro atoms. The lowest BCUT2D eigenvalue weighted by atomic mass is 10.2. The summed E-state index contributed by atoms with van der Waals surface area (Å²) in [7, 11) is 0. The van der Waals surface area contributed by atoms with Crippen molar-refractivity contribution in [2.24, 2.45) is 5.10 Å². The van der Waals surface area contributed by atoms with Crippen molar-refractivity contribution in [1.82, 2.24) is 10.7 Å². The maximum absolute atomic E-state index is 11.4. The highest BCUT2D eigenvalue weighted by molar-refractivity contribution is 9.10. The fourth-order valence-electron chi connectivity index (χ4n) is 1.28. The third-order valence-electron chi connectivity index (χ3n) is 2.37. The minimum absolute atomic E-state index is 0.112. The number of carbonyl (C=O) groups is 2. The first kappa shape index (κ1) is 16.2. The molecule has 3 N–H and O–H groups in total. The van der Waals surface area contributed by atoms with E-state index in [2.05, 4.69) is 31.8 Å². The summed E-state index contributed by atoms with van der Waals surface area (Å²) in [6.07, 6.45) is 3.14. The lowest BCUT2D eigenvalue weighted by Crippen LogP contribution is -2.38. The van der Waals surface area contributed by atoms with Crippen LogP contribution in [0.15, 0.2) is 27.8 Å². The van der Waals surface area contributed by atoms with Crippen LogP contribution in [0.3, 0.4) is 0 Å². The number of phenols is 1. The molecule has 0 bridgehead atoms. The Morgan fingerprint density at radius 3 is 2.80 bits per heavy atom. The molecule has 0 aliphatic carbocycles. The van der Waals surface area contributed by atoms with E-state index < -0.39 is 11.8 Å². The smallest absolute Gasteiger partial charge is 0.329 e. The highest BCUT2D eigenvalue weighted by Gasteiger charge is 2.10. The fraction of sp³-hybridized carbons (Fsp3) is 0.308. The summed E-state index contributed by atoms with van der Waals surface area (Å²) in [5.41, 5.74) is 2.80. The lowest BCUT2D eigenvalue weighted by Gasteiger charge is -2.02. The van der Waals surface area contributed by atoms with Crippen LogP contribution < -0.4 is 10.7 Å². The van der Waals surface area contributed by atoms with Crippen molar-refractivity contribution < 1.29 is 14.7 Å². The third kappa shape index (κ3) is 5.40. The summed E-state index contributed by atoms with van der Waals surface area (Å²) < 4.78 is 0.519. The number of unbranched alkanes of at least 4 members (excludes halogenated alkanes) is 1. The van der Waals surface area contributed by atoms with Crippen molar-refractivity contribution in [1.29, 1.82) is 0 Å². The van der Waals surface area contributed by atoms with Gasteiger partial charge in [0, 0.05) is 6.54 Å². The van der Waals surface area contributed by atoms with E-state index in [-0.39, 0.29) is 5.75 Å². The molecule has 0 aliphatic rings. The standard InChI is InChI=1S/C13H16BrN3O3/c1-2-3-6-15-12(19)13(20)17-16-8-9-4-5-11(18)10(14)7-9/h4-5,7-8,18H,2-3,6H2,1H3,(H,15,19)(H,17,20)/b16-8+. The molecule has 1 aromatic carbocycles. The maximum Gasteiger partial charge on any atom is 0.329 e. The van der Waals surface area contributed by atoms with Crippen molar-refractivity contribution in [2.75, 3.05) is 6.54 Å². The van der Waals surface area contributed by atoms with Crippen molar-refractivity contribution in [3.63, 3.8) is 0 Å². The Morgan fingerprint density at radius 2 is 2.15 bits per heavy atom. The van der Waals surface area contributed by atoms with E-state index in [0.29, 0.717) is 16.6 Å². The van der Waals surface area contributed by atoms with Crippen molar-refractivity contribution in [3.8, 4) is 5.75 Å². The number of nitrogens with one attached hydrogen (secondary N) is 2. The highest BCUT2D eigenvalue weighted by Crippen LogP contribution is 2.23. The van der Waals surface area contributed by atoms with Crippen LogP contribution in [0.2, 0.25) is 0 Å². The summed E-state index contributed by atoms with van der Waals surface area (Å²) in [6.45, 7) is 2.46. The van der Waals surface area contributed by atoms with E-state index in [1.807, 2.05) is 6.92 Å². The van der Waals surface area contributed by atoms with E-state index >= 15 is 0 Å². The normalized spacial score (nSPS) is 10.5. The van der Waals surface area contributed by atoms with Gasteiger partial charge in [-0.15, -0.1) is 0 Å². The topological polar surface area (TPSA) is 90.8 Å². The van der Waals surface area contributed by atoms with E-state index in [1.54, 1.807) is 12.1 Å². The lowest BCUT2D eigenvalue weighted by molar-refractivity contribution is -0.139. The number of aromatic hydroxyl groups is 1. The van der Waals surface area contributed by atoms with Crippen LogP contribution in [0.1, 0.15) is 25.3 Å². The molecule has 0 heterocycles. The number of amides is 2. The molecule has 0 atom stereocenters. The van der Waals surface area contributed by atoms with Crippen LogP contribution in [0.4, 0.5) is 0 Å². The van der Waals surface area contributed by atoms with Crippen LogP contribution in [-0.4, -0.2) is 29.7 Å². The first-order valence-electron chi connectivity index (χ1n) is 6.14. The van der Waals surface area contributed by atoms with Crippen LogP contribution in [0.5, 0.6) is 5.75 Å². The quantitative estimate of drug-likeness (QED) is 0.328. The Kier molecular flexibility index (Phi) is 6.72. The van der Waals surface area contributed by atoms with Gasteiger partial charge in [-0.3, -0.25) is 9.59 Å². The number of benzene rings is 1. The molecule has 20 heavy (non-hydrogen) atoms. The SMILES string of the molecule is CCCCNC(=O)C(=O)N/N=C/c1ccc(O)c(Br)c1. The number of hydrogen-bond donors (Lipinski definition) is 3. The number of nitrogens with zero attached hydrogens (tertiary/aromatic N) is 1. The van der Waals surface area contributed by atoms with Gasteiger partial charge in [-0.25, -0.2) is 5.43 Å². The molecule has 0 saturated carbocycles. The summed E-state index contributed by atoms with van der Waals surface area (Å²) in [6, 6.07) is 4.74. The average molecular weight is 342 g/mol. The van der Waals surface area contributed by atoms with Gasteiger partial charge in [-0.05, 0) is 46.1 Å². The molecule has 0 radical (unpaired) electrons. The first-order chi connectivity index (χ1) is 9.54. The molecule has 108 valence electrons. The van der Waals surface area contributed by atoms with E-state index in [4.69, 9.17) is 0 Å². The highest BCUT2D eigenvalue weighted by atomic mass is 79.9. The van der Waals surface area contributed by atoms with Crippen LogP contribution in [-0.2, 0) is 9.59 Å². The Bertz CT molecular complexity index is 518. The zero-order chi connectivity index (χ0) is 15.0. The van der Waals surface area contributed by atoms with Gasteiger partial charge in [0.15, 0.2) is 0 Å². The molecule has 0 aromatic heterocycles. The molecule has 6 nitrogen and oxygen atoms in total. The Labute approximate surface area is 125 Å². The number of halogens is 1. The van der Waals surface area contributed by atoms with Gasteiger partial charge < -0.3 is 10.4 Å². The molecule has 0 fully saturated rings. The monoisotopic (exact) mass is 341 g/mol. The van der Waals surface area contributed by atoms with Crippen LogP contribution >= 0.6 is 15.9 Å². The Morgan fingerprint density at radius 1 is 1.40 bits per heavy atom. The Hall–Kier alpha value is -1.89. The second-order valence-electron chi connectivity index (χ2n) is 4.02. The summed E-state index contributed by atoms with van der Waals surface area (Å²) >= 11 is 3.16. The predicted octanol–water partition coefficient (Wildman–Crippen LogP) is 1.52. The molecule has 1 rings (SSSR count). The third-order valence-corrected chi connectivity index (χ3v) is 3.01. The van der Waals surface area contributed by atoms with Crippen molar-refractivity contribution in [3.05, 3.63) is 28.2 Å². The van der Waals surface area contributed by atoms with E-state index in [1.165, 1.54) is 12.3 Å². The van der Waals surface area contributed by atoms with Crippen molar-refractivity contribution >= 4 is 34.0 Å². The summed E-state index contributed by atoms with van der Waals surface area (Å²) in [5.74, 6) is -1.40. The number of phenolic OH excluding ortho intramolecular Hbond substituents is 1. The zero-order valence-electron chi connectivity index (χ0n) is 11.0. The Balaban J connectivity index is 2.45. The van der Waals surface area contributed by atoms with Crippen molar-refractivity contribution in [2.45, 2.75) is 19.8 Å². The minimum atomic E-state index is -0.810. The largest absolute Gasteiger partial charge is 0.507 e. The molecule has 0 saturated heterocycles. The van der Waals surface area contributed by atoms with Gasteiger partial charge >= 0.3 is 11.8 Å². The molecule has 2 amide bonds. The molecule has 0 aliphatic heterocycles. The van der Waals surface area contributed by atoms with Crippen LogP contribution in [0, 0.1) is 0 Å². The molecule has 7 heteroatoms. The molecular weight excluding hydrogens is 326 g/mol. The van der Waals surface area contributed by atoms with Gasteiger partial charge in [-0.1, -0.05) is 13.3 Å². The minimum Gasteiger partial charge on any atom is -0.507 e. The number of carbonyl (C=O) groups excluding carboxylic acids is 2. The van der Waals surface area contributed by atoms with Gasteiger partial charge in [0.25, 0.3) is 0 Å². The van der Waals surface area contributed by atoms with Crippen LogP contribution in [0.25, 0.3) is 0 Å². The second-order valence-corrected chi connectivity index (χ2v) is 4.87. The summed E-state index contributed by atoms with van der Waals surface area (Å²) in [4.78, 5) is 22.7. The summed E-state index contributed by atoms with van der Waals surface area (Å²) in [5, 5.41) is 15.5. The average Bonchev–Trinajstić information content (AvgIpc) is 2.42. The maximum atomic E-state index is 11.4. The van der Waals surface area contributed by atoms with Gasteiger partial charge in [0.1, 0.15) is 5.75 Å². The predicted molar refractivity (Wildman–Crippen MR) is 79.5 cm³/mol. The van der Waals surface area contributed by atoms with Gasteiger partial charge in [0.05, 0.1) is 10.7 Å². The van der Waals surface area contributed by atoms with Gasteiger partial charge in [0.2, 0.25) is 0 Å². The number of hydrogen-bond acceptors (Lipinski definition) is 4. The molecule has 0 unspecified atom stereocenters. The second kappa shape index (κ2) is 8.31. The van der Waals surface area contributed by atoms with E-state index in [9.17, 15) is 14.7 Å². The van der Waals surface area contributed by atoms with E-state index in [0.717, 1.165) is 12.8 Å². The number of rotatable bonds is 5. The molecule has 1 aromatic rings. The van der Waals surface area contributed by atoms with Gasteiger partial charge in [-0.2, -0.15) is 5.10 Å². The number of hydrazone groups is 1.